The van der Waals surface area contributed by atoms with Crippen LogP contribution in [0.4, 0.5) is 5.13 Å². The molecule has 0 bridgehead atoms. The van der Waals surface area contributed by atoms with Crippen LogP contribution in [0.5, 0.6) is 5.75 Å². The summed E-state index contributed by atoms with van der Waals surface area (Å²) in [4.78, 5) is 21.8. The van der Waals surface area contributed by atoms with Gasteiger partial charge in [0, 0.05) is 11.6 Å². The molecule has 2 aromatic heterocycles. The Hall–Kier alpha value is -3.78. The van der Waals surface area contributed by atoms with E-state index >= 15 is 0 Å². The third-order valence-corrected chi connectivity index (χ3v) is 5.28. The van der Waals surface area contributed by atoms with E-state index in [9.17, 15) is 4.79 Å². The van der Waals surface area contributed by atoms with Gasteiger partial charge in [0.15, 0.2) is 5.13 Å². The van der Waals surface area contributed by atoms with Crippen molar-refractivity contribution in [2.45, 2.75) is 6.92 Å². The zero-order chi connectivity index (χ0) is 20.9. The van der Waals surface area contributed by atoms with Gasteiger partial charge in [0.25, 0.3) is 5.89 Å². The predicted molar refractivity (Wildman–Crippen MR) is 116 cm³/mol. The van der Waals surface area contributed by atoms with Gasteiger partial charge >= 0.3 is 0 Å². The van der Waals surface area contributed by atoms with Crippen molar-refractivity contribution in [1.29, 1.82) is 0 Å². The molecule has 0 saturated carbocycles. The van der Waals surface area contributed by atoms with E-state index in [0.29, 0.717) is 22.5 Å². The van der Waals surface area contributed by atoms with Crippen molar-refractivity contribution < 1.29 is 14.1 Å². The summed E-state index contributed by atoms with van der Waals surface area (Å²) in [7, 11) is 1.61. The highest BCUT2D eigenvalue weighted by Gasteiger charge is 2.17. The monoisotopic (exact) mass is 418 g/mol. The molecule has 7 nitrogen and oxygen atoms in total. The Bertz CT molecular complexity index is 1180. The van der Waals surface area contributed by atoms with Gasteiger partial charge in [0.05, 0.1) is 12.8 Å². The molecule has 0 saturated heterocycles. The topological polar surface area (TPSA) is 90.1 Å². The Labute approximate surface area is 177 Å². The summed E-state index contributed by atoms with van der Waals surface area (Å²) < 4.78 is 10.5. The number of rotatable bonds is 6. The lowest BCUT2D eigenvalue weighted by Crippen LogP contribution is -2.07. The van der Waals surface area contributed by atoms with E-state index in [1.165, 1.54) is 17.4 Å². The Morgan fingerprint density at radius 3 is 2.60 bits per heavy atom. The van der Waals surface area contributed by atoms with Gasteiger partial charge in [-0.25, -0.2) is 4.98 Å². The summed E-state index contributed by atoms with van der Waals surface area (Å²) in [5.41, 5.74) is 2.46. The maximum atomic E-state index is 12.2. The quantitative estimate of drug-likeness (QED) is 0.451. The van der Waals surface area contributed by atoms with Crippen LogP contribution in [0.1, 0.15) is 11.3 Å². The zero-order valence-corrected chi connectivity index (χ0v) is 17.1. The molecule has 8 heteroatoms. The standard InChI is InChI=1S/C22H18N4O3S/c1-14-19(21-25-20(26-29-21)16-6-4-3-5-7-16)30-22(23-14)24-18(27)13-10-15-8-11-17(28-2)12-9-15/h3-13H,1-2H3,(H,23,24,27). The van der Waals surface area contributed by atoms with E-state index in [4.69, 9.17) is 9.26 Å². The third kappa shape index (κ3) is 4.44. The summed E-state index contributed by atoms with van der Waals surface area (Å²) in [6.07, 6.45) is 3.18. The zero-order valence-electron chi connectivity index (χ0n) is 16.3. The van der Waals surface area contributed by atoms with E-state index < -0.39 is 0 Å². The number of aromatic nitrogens is 3. The van der Waals surface area contributed by atoms with Gasteiger partial charge < -0.3 is 9.26 Å². The van der Waals surface area contributed by atoms with E-state index in [2.05, 4.69) is 20.4 Å². The van der Waals surface area contributed by atoms with Crippen molar-refractivity contribution >= 4 is 28.5 Å². The molecule has 0 atom stereocenters. The van der Waals surface area contributed by atoms with E-state index in [1.54, 1.807) is 13.2 Å². The molecule has 0 aliphatic rings. The lowest BCUT2D eigenvalue weighted by atomic mass is 10.2. The minimum Gasteiger partial charge on any atom is -0.497 e. The molecule has 4 aromatic rings. The fourth-order valence-corrected chi connectivity index (χ4v) is 3.59. The fourth-order valence-electron chi connectivity index (χ4n) is 2.70. The van der Waals surface area contributed by atoms with Crippen molar-refractivity contribution in [2.75, 3.05) is 12.4 Å². The fraction of sp³-hybridized carbons (Fsp3) is 0.0909. The summed E-state index contributed by atoms with van der Waals surface area (Å²) in [5.74, 6) is 1.37. The van der Waals surface area contributed by atoms with Crippen molar-refractivity contribution in [3.8, 4) is 27.9 Å². The third-order valence-electron chi connectivity index (χ3n) is 4.22. The number of methoxy groups -OCH3 is 1. The number of amides is 1. The van der Waals surface area contributed by atoms with Gasteiger partial charge in [-0.2, -0.15) is 4.98 Å². The first-order valence-corrected chi connectivity index (χ1v) is 9.94. The number of nitrogens with zero attached hydrogens (tertiary/aromatic N) is 3. The highest BCUT2D eigenvalue weighted by Crippen LogP contribution is 2.32. The number of thiazole rings is 1. The van der Waals surface area contributed by atoms with Gasteiger partial charge in [-0.05, 0) is 30.7 Å². The van der Waals surface area contributed by atoms with Gasteiger partial charge in [-0.15, -0.1) is 0 Å². The van der Waals surface area contributed by atoms with Crippen molar-refractivity contribution in [2.24, 2.45) is 0 Å². The lowest BCUT2D eigenvalue weighted by molar-refractivity contribution is -0.111. The molecule has 150 valence electrons. The van der Waals surface area contributed by atoms with Crippen LogP contribution in [-0.2, 0) is 4.79 Å². The van der Waals surface area contributed by atoms with Gasteiger partial charge in [-0.3, -0.25) is 10.1 Å². The number of nitrogens with one attached hydrogen (secondary N) is 1. The molecular formula is C22H18N4O3S. The first kappa shape index (κ1) is 19.5. The molecule has 1 N–H and O–H groups in total. The molecule has 30 heavy (non-hydrogen) atoms. The van der Waals surface area contributed by atoms with Gasteiger partial charge in [-0.1, -0.05) is 59.0 Å². The minimum absolute atomic E-state index is 0.276. The highest BCUT2D eigenvalue weighted by atomic mass is 32.1. The molecule has 0 spiro atoms. The molecule has 0 radical (unpaired) electrons. The Morgan fingerprint density at radius 2 is 1.87 bits per heavy atom. The van der Waals surface area contributed by atoms with Crippen LogP contribution in [0.3, 0.4) is 0 Å². The largest absolute Gasteiger partial charge is 0.497 e. The van der Waals surface area contributed by atoms with Crippen molar-refractivity contribution in [3.05, 3.63) is 71.9 Å². The van der Waals surface area contributed by atoms with Crippen LogP contribution in [0.15, 0.2) is 65.2 Å². The summed E-state index contributed by atoms with van der Waals surface area (Å²) in [6.45, 7) is 1.83. The number of carbonyl (C=O) groups excluding carboxylic acids is 1. The minimum atomic E-state index is -0.276. The average molecular weight is 418 g/mol. The Kier molecular flexibility index (Phi) is 5.67. The Morgan fingerprint density at radius 1 is 1.10 bits per heavy atom. The molecule has 1 amide bonds. The number of aryl methyl sites for hydroxylation is 1. The van der Waals surface area contributed by atoms with Gasteiger partial charge in [0.1, 0.15) is 10.6 Å². The van der Waals surface area contributed by atoms with E-state index in [1.807, 2.05) is 61.5 Å². The lowest BCUT2D eigenvalue weighted by Gasteiger charge is -1.99. The van der Waals surface area contributed by atoms with Crippen LogP contribution in [0.25, 0.3) is 28.2 Å². The van der Waals surface area contributed by atoms with Crippen LogP contribution >= 0.6 is 11.3 Å². The molecule has 2 heterocycles. The molecule has 4 rings (SSSR count). The molecule has 0 aliphatic heterocycles. The first-order valence-electron chi connectivity index (χ1n) is 9.12. The first-order chi connectivity index (χ1) is 14.6. The number of anilines is 1. The van der Waals surface area contributed by atoms with E-state index in [-0.39, 0.29) is 5.91 Å². The van der Waals surface area contributed by atoms with Crippen LogP contribution in [-0.4, -0.2) is 28.1 Å². The number of benzene rings is 2. The molecular weight excluding hydrogens is 400 g/mol. The summed E-state index contributed by atoms with van der Waals surface area (Å²) in [5, 5.41) is 7.27. The summed E-state index contributed by atoms with van der Waals surface area (Å²) >= 11 is 1.29. The second kappa shape index (κ2) is 8.71. The smallest absolute Gasteiger partial charge is 0.270 e. The number of hydrogen-bond acceptors (Lipinski definition) is 7. The Balaban J connectivity index is 1.45. The average Bonchev–Trinajstić information content (AvgIpc) is 3.40. The van der Waals surface area contributed by atoms with Crippen LogP contribution < -0.4 is 10.1 Å². The van der Waals surface area contributed by atoms with E-state index in [0.717, 1.165) is 21.8 Å². The molecule has 2 aromatic carbocycles. The molecule has 0 fully saturated rings. The van der Waals surface area contributed by atoms with Crippen molar-refractivity contribution in [3.63, 3.8) is 0 Å². The second-order valence-corrected chi connectivity index (χ2v) is 7.32. The maximum absolute atomic E-state index is 12.2. The van der Waals surface area contributed by atoms with Crippen LogP contribution in [0.2, 0.25) is 0 Å². The molecule has 0 aliphatic carbocycles. The number of hydrogen-bond donors (Lipinski definition) is 1. The second-order valence-electron chi connectivity index (χ2n) is 6.32. The highest BCUT2D eigenvalue weighted by molar-refractivity contribution is 7.19. The SMILES string of the molecule is COc1ccc(C=CC(=O)Nc2nc(C)c(-c3nc(-c4ccccc4)no3)s2)cc1. The maximum Gasteiger partial charge on any atom is 0.270 e. The number of ether oxygens (including phenoxy) is 1. The predicted octanol–water partition coefficient (Wildman–Crippen LogP) is 4.83. The van der Waals surface area contributed by atoms with Gasteiger partial charge in [0.2, 0.25) is 11.7 Å². The normalized spacial score (nSPS) is 11.0. The van der Waals surface area contributed by atoms with Crippen LogP contribution in [0, 0.1) is 6.92 Å². The van der Waals surface area contributed by atoms with Crippen molar-refractivity contribution in [1.82, 2.24) is 15.1 Å². The summed E-state index contributed by atoms with van der Waals surface area (Å²) in [6, 6.07) is 17.0. The number of carbonyl (C=O) groups is 1. The molecule has 0 unspecified atom stereocenters.